The average Bonchev–Trinajstić information content (AvgIpc) is 3.04. The molecule has 5 nitrogen and oxygen atoms in total. The highest BCUT2D eigenvalue weighted by atomic mass is 35.5. The summed E-state index contributed by atoms with van der Waals surface area (Å²) in [4.78, 5) is 0. The van der Waals surface area contributed by atoms with Gasteiger partial charge in [-0.15, -0.1) is 5.10 Å². The van der Waals surface area contributed by atoms with E-state index >= 15 is 0 Å². The summed E-state index contributed by atoms with van der Waals surface area (Å²) in [7, 11) is 0. The molecule has 3 rings (SSSR count). The highest BCUT2D eigenvalue weighted by Crippen LogP contribution is 2.12. The molecule has 0 aliphatic carbocycles. The molecule has 0 amide bonds. The summed E-state index contributed by atoms with van der Waals surface area (Å²) >= 11 is 5.82. The Morgan fingerprint density at radius 2 is 1.88 bits per heavy atom. The maximum absolute atomic E-state index is 5.82. The Kier molecular flexibility index (Phi) is 5.37. The van der Waals surface area contributed by atoms with Crippen LogP contribution in [0.3, 0.4) is 0 Å². The van der Waals surface area contributed by atoms with Crippen molar-refractivity contribution in [3.8, 4) is 0 Å². The van der Waals surface area contributed by atoms with Crippen molar-refractivity contribution in [1.82, 2.24) is 15.0 Å². The summed E-state index contributed by atoms with van der Waals surface area (Å²) in [6, 6.07) is 17.5. The Hall–Kier alpha value is -2.92. The Labute approximate surface area is 145 Å². The molecule has 0 saturated carbocycles. The van der Waals surface area contributed by atoms with Gasteiger partial charge in [0, 0.05) is 11.2 Å². The summed E-state index contributed by atoms with van der Waals surface area (Å²) in [5.74, 6) is 0. The smallest absolute Gasteiger partial charge is 0.105 e. The Morgan fingerprint density at radius 1 is 1.08 bits per heavy atom. The van der Waals surface area contributed by atoms with Crippen LogP contribution < -0.4 is 5.43 Å². The predicted molar refractivity (Wildman–Crippen MR) is 98.2 cm³/mol. The number of aromatic nitrogens is 3. The van der Waals surface area contributed by atoms with Gasteiger partial charge < -0.3 is 0 Å². The molecule has 1 heterocycles. The molecular weight excluding hydrogens is 322 g/mol. The molecule has 0 atom stereocenters. The molecule has 24 heavy (non-hydrogen) atoms. The molecule has 0 spiro atoms. The molecule has 2 aromatic carbocycles. The van der Waals surface area contributed by atoms with E-state index in [1.807, 2.05) is 42.6 Å². The lowest BCUT2D eigenvalue weighted by Crippen LogP contribution is -1.99. The van der Waals surface area contributed by atoms with Gasteiger partial charge in [-0.25, -0.2) is 4.68 Å². The van der Waals surface area contributed by atoms with Gasteiger partial charge in [-0.1, -0.05) is 47.1 Å². The van der Waals surface area contributed by atoms with Crippen LogP contribution in [0.1, 0.15) is 11.3 Å². The molecule has 3 aromatic rings. The van der Waals surface area contributed by atoms with E-state index in [1.165, 1.54) is 5.56 Å². The van der Waals surface area contributed by atoms with Crippen molar-refractivity contribution in [2.45, 2.75) is 6.54 Å². The van der Waals surface area contributed by atoms with E-state index in [0.29, 0.717) is 11.6 Å². The Bertz CT molecular complexity index is 822. The largest absolute Gasteiger partial charge is 0.279 e. The molecule has 0 bridgehead atoms. The fourth-order valence-corrected chi connectivity index (χ4v) is 2.18. The van der Waals surface area contributed by atoms with E-state index in [1.54, 1.807) is 29.1 Å². The van der Waals surface area contributed by atoms with E-state index in [9.17, 15) is 0 Å². The normalized spacial score (nSPS) is 11.4. The molecule has 0 fully saturated rings. The van der Waals surface area contributed by atoms with Crippen LogP contribution in [0.2, 0.25) is 5.02 Å². The number of anilines is 1. The first-order valence-corrected chi connectivity index (χ1v) is 7.83. The zero-order chi connectivity index (χ0) is 16.6. The Morgan fingerprint density at radius 3 is 2.67 bits per heavy atom. The zero-order valence-electron chi connectivity index (χ0n) is 12.9. The third-order valence-electron chi connectivity index (χ3n) is 3.21. The summed E-state index contributed by atoms with van der Waals surface area (Å²) in [6.07, 6.45) is 7.20. The standard InChI is InChI=1S/C18H16ClN5/c19-16-8-10-17(11-9-16)21-20-12-4-7-18-14-24(23-22-18)13-15-5-2-1-3-6-15/h1-12,14,21H,13H2/b7-4+,20-12-. The van der Waals surface area contributed by atoms with Gasteiger partial charge in [0.05, 0.1) is 18.4 Å². The fraction of sp³-hybridized carbons (Fsp3) is 0.0556. The lowest BCUT2D eigenvalue weighted by atomic mass is 10.2. The molecule has 6 heteroatoms. The number of allylic oxidation sites excluding steroid dienone is 1. The lowest BCUT2D eigenvalue weighted by molar-refractivity contribution is 0.649. The molecule has 120 valence electrons. The van der Waals surface area contributed by atoms with Crippen molar-refractivity contribution in [1.29, 1.82) is 0 Å². The van der Waals surface area contributed by atoms with Crippen LogP contribution in [0, 0.1) is 0 Å². The minimum absolute atomic E-state index is 0.697. The molecule has 0 radical (unpaired) electrons. The van der Waals surface area contributed by atoms with Gasteiger partial charge in [0.15, 0.2) is 0 Å². The van der Waals surface area contributed by atoms with Crippen LogP contribution in [0.4, 0.5) is 5.69 Å². The van der Waals surface area contributed by atoms with Crippen LogP contribution in [0.5, 0.6) is 0 Å². The van der Waals surface area contributed by atoms with Gasteiger partial charge in [0.1, 0.15) is 5.69 Å². The third-order valence-corrected chi connectivity index (χ3v) is 3.46. The number of halogens is 1. The number of hydrogen-bond donors (Lipinski definition) is 1. The molecular formula is C18H16ClN5. The van der Waals surface area contributed by atoms with Crippen LogP contribution >= 0.6 is 11.6 Å². The molecule has 0 aliphatic rings. The number of hydrogen-bond acceptors (Lipinski definition) is 4. The minimum Gasteiger partial charge on any atom is -0.279 e. The highest BCUT2D eigenvalue weighted by molar-refractivity contribution is 6.30. The maximum Gasteiger partial charge on any atom is 0.105 e. The van der Waals surface area contributed by atoms with Gasteiger partial charge in [-0.2, -0.15) is 5.10 Å². The second-order valence-electron chi connectivity index (χ2n) is 5.08. The van der Waals surface area contributed by atoms with E-state index in [4.69, 9.17) is 11.6 Å². The SMILES string of the molecule is Clc1ccc(N/N=C\C=C\c2cn(Cc3ccccc3)nn2)cc1. The lowest BCUT2D eigenvalue weighted by Gasteiger charge is -1.98. The van der Waals surface area contributed by atoms with Gasteiger partial charge in [-0.05, 0) is 42.0 Å². The quantitative estimate of drug-likeness (QED) is 0.544. The van der Waals surface area contributed by atoms with Crippen LogP contribution in [-0.2, 0) is 6.54 Å². The average molecular weight is 338 g/mol. The summed E-state index contributed by atoms with van der Waals surface area (Å²) < 4.78 is 1.80. The van der Waals surface area contributed by atoms with E-state index in [2.05, 4.69) is 33.0 Å². The Balaban J connectivity index is 1.51. The monoisotopic (exact) mass is 337 g/mol. The van der Waals surface area contributed by atoms with Crippen molar-refractivity contribution >= 4 is 29.6 Å². The summed E-state index contributed by atoms with van der Waals surface area (Å²) in [5, 5.41) is 13.0. The fourth-order valence-electron chi connectivity index (χ4n) is 2.06. The van der Waals surface area contributed by atoms with Gasteiger partial charge in [0.2, 0.25) is 0 Å². The van der Waals surface area contributed by atoms with Crippen molar-refractivity contribution in [2.75, 3.05) is 5.43 Å². The first-order valence-electron chi connectivity index (χ1n) is 7.45. The van der Waals surface area contributed by atoms with E-state index in [0.717, 1.165) is 11.4 Å². The number of nitrogens with zero attached hydrogens (tertiary/aromatic N) is 4. The van der Waals surface area contributed by atoms with Crippen molar-refractivity contribution in [2.24, 2.45) is 5.10 Å². The highest BCUT2D eigenvalue weighted by Gasteiger charge is 1.98. The first kappa shape index (κ1) is 16.0. The molecule has 1 aromatic heterocycles. The molecule has 0 unspecified atom stereocenters. The number of rotatable bonds is 6. The first-order chi connectivity index (χ1) is 11.8. The third kappa shape index (κ3) is 4.79. The van der Waals surface area contributed by atoms with Gasteiger partial charge >= 0.3 is 0 Å². The van der Waals surface area contributed by atoms with Gasteiger partial charge in [-0.3, -0.25) is 5.43 Å². The predicted octanol–water partition coefficient (Wildman–Crippen LogP) is 4.09. The second-order valence-corrected chi connectivity index (χ2v) is 5.52. The summed E-state index contributed by atoms with van der Waals surface area (Å²) in [5.41, 5.74) is 5.76. The number of hydrazone groups is 1. The second kappa shape index (κ2) is 8.08. The maximum atomic E-state index is 5.82. The number of benzene rings is 2. The minimum atomic E-state index is 0.697. The molecule has 0 aliphatic heterocycles. The van der Waals surface area contributed by atoms with Crippen LogP contribution in [0.25, 0.3) is 6.08 Å². The van der Waals surface area contributed by atoms with Gasteiger partial charge in [0.25, 0.3) is 0 Å². The van der Waals surface area contributed by atoms with Crippen LogP contribution in [0.15, 0.2) is 72.0 Å². The number of nitrogens with one attached hydrogen (secondary N) is 1. The molecule has 0 saturated heterocycles. The van der Waals surface area contributed by atoms with Crippen molar-refractivity contribution < 1.29 is 0 Å². The molecule has 1 N–H and O–H groups in total. The zero-order valence-corrected chi connectivity index (χ0v) is 13.6. The topological polar surface area (TPSA) is 55.1 Å². The summed E-state index contributed by atoms with van der Waals surface area (Å²) in [6.45, 7) is 0.702. The van der Waals surface area contributed by atoms with Crippen molar-refractivity contribution in [3.05, 3.63) is 83.2 Å². The van der Waals surface area contributed by atoms with Crippen LogP contribution in [-0.4, -0.2) is 21.2 Å². The van der Waals surface area contributed by atoms with E-state index in [-0.39, 0.29) is 0 Å². The van der Waals surface area contributed by atoms with Crippen molar-refractivity contribution in [3.63, 3.8) is 0 Å². The van der Waals surface area contributed by atoms with E-state index < -0.39 is 0 Å².